The van der Waals surface area contributed by atoms with Gasteiger partial charge in [-0.3, -0.25) is 14.5 Å². The molecule has 24 heavy (non-hydrogen) atoms. The molecule has 2 heterocycles. The first-order valence-electron chi connectivity index (χ1n) is 8.55. The standard InChI is InChI=1S/C18H25N3O3/c1-15(22)21-8-7-20(13-17(21)16-5-3-2-4-6-16)18(23)14-19-9-11-24-12-10-19/h2-6,17H,7-14H2,1H3/t17-/m0/s1. The first kappa shape index (κ1) is 16.9. The van der Waals surface area contributed by atoms with Crippen LogP contribution in [0.1, 0.15) is 18.5 Å². The fraction of sp³-hybridized carbons (Fsp3) is 0.556. The molecule has 2 amide bonds. The number of benzene rings is 1. The number of nitrogens with zero attached hydrogens (tertiary/aromatic N) is 3. The van der Waals surface area contributed by atoms with Crippen molar-refractivity contribution in [2.24, 2.45) is 0 Å². The molecule has 0 unspecified atom stereocenters. The fourth-order valence-electron chi connectivity index (χ4n) is 3.40. The van der Waals surface area contributed by atoms with Crippen LogP contribution in [0.5, 0.6) is 0 Å². The second kappa shape index (κ2) is 7.77. The third-order valence-electron chi connectivity index (χ3n) is 4.78. The number of piperazine rings is 1. The topological polar surface area (TPSA) is 53.1 Å². The van der Waals surface area contributed by atoms with Gasteiger partial charge in [0.1, 0.15) is 0 Å². The molecule has 0 aromatic heterocycles. The molecule has 3 rings (SSSR count). The lowest BCUT2D eigenvalue weighted by Crippen LogP contribution is -2.54. The van der Waals surface area contributed by atoms with Crippen molar-refractivity contribution in [2.75, 3.05) is 52.5 Å². The summed E-state index contributed by atoms with van der Waals surface area (Å²) in [7, 11) is 0. The van der Waals surface area contributed by atoms with Crippen molar-refractivity contribution in [2.45, 2.75) is 13.0 Å². The number of amides is 2. The predicted molar refractivity (Wildman–Crippen MR) is 90.4 cm³/mol. The van der Waals surface area contributed by atoms with Crippen LogP contribution in [0, 0.1) is 0 Å². The molecule has 130 valence electrons. The minimum absolute atomic E-state index is 0.0594. The van der Waals surface area contributed by atoms with E-state index < -0.39 is 0 Å². The van der Waals surface area contributed by atoms with Crippen molar-refractivity contribution in [3.8, 4) is 0 Å². The average Bonchev–Trinajstić information content (AvgIpc) is 2.62. The maximum absolute atomic E-state index is 12.7. The number of hydrogen-bond acceptors (Lipinski definition) is 4. The van der Waals surface area contributed by atoms with Crippen LogP contribution in [0.15, 0.2) is 30.3 Å². The Kier molecular flexibility index (Phi) is 5.48. The van der Waals surface area contributed by atoms with E-state index in [4.69, 9.17) is 4.74 Å². The SMILES string of the molecule is CC(=O)N1CCN(C(=O)CN2CCOCC2)C[C@H]1c1ccccc1. The van der Waals surface area contributed by atoms with Crippen molar-refractivity contribution >= 4 is 11.8 Å². The van der Waals surface area contributed by atoms with Gasteiger partial charge in [0.25, 0.3) is 0 Å². The molecule has 2 saturated heterocycles. The summed E-state index contributed by atoms with van der Waals surface area (Å²) in [5.41, 5.74) is 1.08. The summed E-state index contributed by atoms with van der Waals surface area (Å²) in [6, 6.07) is 9.90. The van der Waals surface area contributed by atoms with Crippen molar-refractivity contribution in [1.29, 1.82) is 0 Å². The average molecular weight is 331 g/mol. The molecular formula is C18H25N3O3. The Balaban J connectivity index is 1.68. The normalized spacial score (nSPS) is 22.5. The quantitative estimate of drug-likeness (QED) is 0.820. The van der Waals surface area contributed by atoms with Gasteiger partial charge in [0.15, 0.2) is 0 Å². The van der Waals surface area contributed by atoms with Crippen LogP contribution in [-0.4, -0.2) is 79.0 Å². The summed E-state index contributed by atoms with van der Waals surface area (Å²) in [6.45, 7) is 6.79. The Morgan fingerprint density at radius 1 is 1.08 bits per heavy atom. The van der Waals surface area contributed by atoms with Crippen LogP contribution in [0.4, 0.5) is 0 Å². The summed E-state index contributed by atoms with van der Waals surface area (Å²) < 4.78 is 5.33. The van der Waals surface area contributed by atoms with Crippen molar-refractivity contribution in [1.82, 2.24) is 14.7 Å². The Hall–Kier alpha value is -1.92. The van der Waals surface area contributed by atoms with Gasteiger partial charge in [-0.25, -0.2) is 0 Å². The highest BCUT2D eigenvalue weighted by atomic mass is 16.5. The lowest BCUT2D eigenvalue weighted by molar-refractivity contribution is -0.143. The predicted octanol–water partition coefficient (Wildman–Crippen LogP) is 0.751. The van der Waals surface area contributed by atoms with Crippen LogP contribution >= 0.6 is 0 Å². The molecular weight excluding hydrogens is 306 g/mol. The highest BCUT2D eigenvalue weighted by Crippen LogP contribution is 2.25. The molecule has 0 radical (unpaired) electrons. The molecule has 2 fully saturated rings. The first-order chi connectivity index (χ1) is 11.6. The number of ether oxygens (including phenoxy) is 1. The number of rotatable bonds is 3. The van der Waals surface area contributed by atoms with E-state index in [1.807, 2.05) is 40.1 Å². The monoisotopic (exact) mass is 331 g/mol. The van der Waals surface area contributed by atoms with Crippen molar-refractivity contribution in [3.05, 3.63) is 35.9 Å². The molecule has 1 aromatic rings. The second-order valence-corrected chi connectivity index (χ2v) is 6.37. The van der Waals surface area contributed by atoms with Crippen LogP contribution in [-0.2, 0) is 14.3 Å². The van der Waals surface area contributed by atoms with Crippen molar-refractivity contribution in [3.63, 3.8) is 0 Å². The van der Waals surface area contributed by atoms with E-state index in [1.165, 1.54) is 0 Å². The fourth-order valence-corrected chi connectivity index (χ4v) is 3.40. The smallest absolute Gasteiger partial charge is 0.236 e. The number of carbonyl (C=O) groups excluding carboxylic acids is 2. The lowest BCUT2D eigenvalue weighted by atomic mass is 10.0. The van der Waals surface area contributed by atoms with Crippen LogP contribution in [0.3, 0.4) is 0 Å². The van der Waals surface area contributed by atoms with E-state index in [9.17, 15) is 9.59 Å². The molecule has 0 spiro atoms. The highest BCUT2D eigenvalue weighted by Gasteiger charge is 2.32. The second-order valence-electron chi connectivity index (χ2n) is 6.37. The van der Waals surface area contributed by atoms with Gasteiger partial charge in [-0.1, -0.05) is 30.3 Å². The van der Waals surface area contributed by atoms with E-state index in [0.717, 1.165) is 18.7 Å². The minimum Gasteiger partial charge on any atom is -0.379 e. The van der Waals surface area contributed by atoms with Crippen LogP contribution < -0.4 is 0 Å². The summed E-state index contributed by atoms with van der Waals surface area (Å²) >= 11 is 0. The first-order valence-corrected chi connectivity index (χ1v) is 8.55. The van der Waals surface area contributed by atoms with Gasteiger partial charge in [0.2, 0.25) is 11.8 Å². The molecule has 1 atom stereocenters. The van der Waals surface area contributed by atoms with E-state index in [-0.39, 0.29) is 17.9 Å². The van der Waals surface area contributed by atoms with Gasteiger partial charge in [0.05, 0.1) is 25.8 Å². The van der Waals surface area contributed by atoms with Gasteiger partial charge in [-0.05, 0) is 5.56 Å². The summed E-state index contributed by atoms with van der Waals surface area (Å²) in [6.07, 6.45) is 0. The number of morpholine rings is 1. The van der Waals surface area contributed by atoms with E-state index >= 15 is 0 Å². The van der Waals surface area contributed by atoms with Gasteiger partial charge < -0.3 is 14.5 Å². The lowest BCUT2D eigenvalue weighted by Gasteiger charge is -2.42. The molecule has 0 saturated carbocycles. The molecule has 6 nitrogen and oxygen atoms in total. The van der Waals surface area contributed by atoms with Crippen LogP contribution in [0.25, 0.3) is 0 Å². The zero-order valence-corrected chi connectivity index (χ0v) is 14.2. The number of carbonyl (C=O) groups is 2. The molecule has 6 heteroatoms. The Labute approximate surface area is 143 Å². The third kappa shape index (κ3) is 3.94. The highest BCUT2D eigenvalue weighted by molar-refractivity contribution is 5.79. The Bertz CT molecular complexity index is 572. The molecule has 0 aliphatic carbocycles. The Morgan fingerprint density at radius 2 is 1.79 bits per heavy atom. The van der Waals surface area contributed by atoms with Gasteiger partial charge in [-0.15, -0.1) is 0 Å². The molecule has 0 bridgehead atoms. The number of hydrogen-bond donors (Lipinski definition) is 0. The minimum atomic E-state index is -0.0638. The Morgan fingerprint density at radius 3 is 2.46 bits per heavy atom. The van der Waals surface area contributed by atoms with Crippen LogP contribution in [0.2, 0.25) is 0 Å². The zero-order valence-electron chi connectivity index (χ0n) is 14.2. The van der Waals surface area contributed by atoms with Gasteiger partial charge >= 0.3 is 0 Å². The van der Waals surface area contributed by atoms with Crippen molar-refractivity contribution < 1.29 is 14.3 Å². The summed E-state index contributed by atoms with van der Waals surface area (Å²) in [5.74, 6) is 0.199. The maximum atomic E-state index is 12.7. The maximum Gasteiger partial charge on any atom is 0.236 e. The molecule has 0 N–H and O–H groups in total. The zero-order chi connectivity index (χ0) is 16.9. The molecule has 2 aliphatic rings. The van der Waals surface area contributed by atoms with E-state index in [1.54, 1.807) is 6.92 Å². The van der Waals surface area contributed by atoms with E-state index in [2.05, 4.69) is 4.90 Å². The molecule has 2 aliphatic heterocycles. The molecule has 1 aromatic carbocycles. The summed E-state index contributed by atoms with van der Waals surface area (Å²) in [4.78, 5) is 30.5. The van der Waals surface area contributed by atoms with E-state index in [0.29, 0.717) is 39.4 Å². The van der Waals surface area contributed by atoms with Gasteiger partial charge in [0, 0.05) is 39.6 Å². The third-order valence-corrected chi connectivity index (χ3v) is 4.78. The summed E-state index contributed by atoms with van der Waals surface area (Å²) in [5, 5.41) is 0. The largest absolute Gasteiger partial charge is 0.379 e. The van der Waals surface area contributed by atoms with Gasteiger partial charge in [-0.2, -0.15) is 0 Å².